The Hall–Kier alpha value is -1.40. The smallest absolute Gasteiger partial charge is 0.306 e. The maximum atomic E-state index is 13.5. The van der Waals surface area contributed by atoms with Gasteiger partial charge in [0.1, 0.15) is 0 Å². The Morgan fingerprint density at radius 1 is 1.07 bits per heavy atom. The Morgan fingerprint density at radius 2 is 1.59 bits per heavy atom. The molecule has 0 aliphatic carbocycles. The highest BCUT2D eigenvalue weighted by molar-refractivity contribution is 9.10. The van der Waals surface area contributed by atoms with Gasteiger partial charge in [-0.3, -0.25) is 14.4 Å². The molecular weight excluding hydrogens is 451 g/mol. The maximum Gasteiger partial charge on any atom is 0.306 e. The second kappa shape index (κ2) is 10.1. The van der Waals surface area contributed by atoms with Gasteiger partial charge in [-0.25, -0.2) is 10.2 Å². The number of amides is 1. The number of aromatic nitrogens is 1. The molecule has 0 radical (unpaired) electrons. The molecule has 8 heteroatoms. The number of carbonyl (C=O) groups excluding carboxylic acids is 1. The van der Waals surface area contributed by atoms with Crippen LogP contribution in [0, 0.1) is 13.8 Å². The second-order valence-corrected chi connectivity index (χ2v) is 10.4. The summed E-state index contributed by atoms with van der Waals surface area (Å²) in [5.74, 6) is -0.351. The van der Waals surface area contributed by atoms with E-state index >= 15 is 0 Å². The Bertz CT molecular complexity index is 879. The van der Waals surface area contributed by atoms with Crippen LogP contribution in [-0.2, 0) is 4.57 Å². The lowest BCUT2D eigenvalue weighted by Crippen LogP contribution is -2.41. The van der Waals surface area contributed by atoms with Gasteiger partial charge in [-0.15, -0.1) is 0 Å². The summed E-state index contributed by atoms with van der Waals surface area (Å²) in [6, 6.07) is 9.77. The molecule has 1 heterocycles. The molecule has 1 aromatic heterocycles. The summed E-state index contributed by atoms with van der Waals surface area (Å²) >= 11 is 3.45. The predicted octanol–water partition coefficient (Wildman–Crippen LogP) is 5.47. The van der Waals surface area contributed by atoms with Crippen LogP contribution in [0.4, 0.5) is 0 Å². The summed E-state index contributed by atoms with van der Waals surface area (Å²) in [5, 5.41) is 8.93. The molecule has 29 heavy (non-hydrogen) atoms. The van der Waals surface area contributed by atoms with E-state index in [1.54, 1.807) is 0 Å². The fourth-order valence-electron chi connectivity index (χ4n) is 3.09. The van der Waals surface area contributed by atoms with E-state index < -0.39 is 7.59 Å². The van der Waals surface area contributed by atoms with Crippen LogP contribution in [-0.4, -0.2) is 22.6 Å². The molecule has 2 atom stereocenters. The second-order valence-electron chi connectivity index (χ2n) is 7.52. The topological polar surface area (TPSA) is 75.2 Å². The lowest BCUT2D eigenvalue weighted by molar-refractivity contribution is 0.0978. The van der Waals surface area contributed by atoms with Crippen molar-refractivity contribution in [2.24, 2.45) is 0 Å². The largest absolute Gasteiger partial charge is 0.318 e. The summed E-state index contributed by atoms with van der Waals surface area (Å²) in [4.78, 5) is 13.1. The minimum Gasteiger partial charge on any atom is -0.318 e. The first-order valence-corrected chi connectivity index (χ1v) is 12.5. The molecule has 1 amide bonds. The van der Waals surface area contributed by atoms with Crippen molar-refractivity contribution in [3.8, 4) is 5.69 Å². The van der Waals surface area contributed by atoms with Crippen LogP contribution in [0.1, 0.15) is 62.3 Å². The van der Waals surface area contributed by atoms with Crippen LogP contribution >= 0.6 is 23.5 Å². The highest BCUT2D eigenvalue weighted by Gasteiger charge is 2.29. The van der Waals surface area contributed by atoms with E-state index in [0.29, 0.717) is 5.56 Å². The van der Waals surface area contributed by atoms with Crippen LogP contribution in [0.3, 0.4) is 0 Å². The molecule has 1 aromatic carbocycles. The van der Waals surface area contributed by atoms with Gasteiger partial charge in [0, 0.05) is 33.6 Å². The lowest BCUT2D eigenvalue weighted by Gasteiger charge is -2.27. The van der Waals surface area contributed by atoms with E-state index in [-0.39, 0.29) is 18.0 Å². The van der Waals surface area contributed by atoms with Crippen molar-refractivity contribution in [1.29, 1.82) is 0 Å². The minimum absolute atomic E-state index is 0.00730. The number of carbonyl (C=O) groups is 1. The van der Waals surface area contributed by atoms with E-state index in [4.69, 9.17) is 0 Å². The Morgan fingerprint density at radius 3 is 2.07 bits per heavy atom. The van der Waals surface area contributed by atoms with Gasteiger partial charge < -0.3 is 4.57 Å². The van der Waals surface area contributed by atoms with Crippen LogP contribution < -0.4 is 15.3 Å². The van der Waals surface area contributed by atoms with Gasteiger partial charge in [0.15, 0.2) is 0 Å². The molecule has 160 valence electrons. The van der Waals surface area contributed by atoms with Crippen molar-refractivity contribution in [2.45, 2.75) is 66.5 Å². The van der Waals surface area contributed by atoms with Crippen molar-refractivity contribution in [1.82, 2.24) is 19.8 Å². The number of benzene rings is 1. The average Bonchev–Trinajstić information content (AvgIpc) is 2.96. The molecular formula is C21H32BrN4O2P. The van der Waals surface area contributed by atoms with E-state index in [1.165, 1.54) is 0 Å². The Balaban J connectivity index is 2.33. The number of halogens is 1. The van der Waals surface area contributed by atoms with Crippen molar-refractivity contribution < 1.29 is 9.36 Å². The molecule has 0 aliphatic heterocycles. The lowest BCUT2D eigenvalue weighted by atomic mass is 10.2. The summed E-state index contributed by atoms with van der Waals surface area (Å²) in [6.07, 6.45) is 1.61. The Labute approximate surface area is 182 Å². The number of hydrogen-bond donors (Lipinski definition) is 3. The fourth-order valence-corrected chi connectivity index (χ4v) is 5.57. The molecule has 2 aromatic rings. The van der Waals surface area contributed by atoms with Gasteiger partial charge in [-0.2, -0.15) is 0 Å². The SMILES string of the molecule is CC[C@H](C)NP(=O)(NC(=O)c1cc(C)n(-c2ccc(Br)cc2)c1C)N[C@@H](C)CC. The Kier molecular flexibility index (Phi) is 8.29. The van der Waals surface area contributed by atoms with Crippen LogP contribution in [0.15, 0.2) is 34.8 Å². The highest BCUT2D eigenvalue weighted by Crippen LogP contribution is 2.34. The minimum atomic E-state index is -3.31. The van der Waals surface area contributed by atoms with Crippen LogP contribution in [0.25, 0.3) is 5.69 Å². The van der Waals surface area contributed by atoms with Gasteiger partial charge in [-0.1, -0.05) is 29.8 Å². The molecule has 0 saturated heterocycles. The third kappa shape index (κ3) is 6.05. The predicted molar refractivity (Wildman–Crippen MR) is 124 cm³/mol. The normalized spacial score (nSPS) is 13.9. The van der Waals surface area contributed by atoms with Crippen molar-refractivity contribution in [3.05, 3.63) is 51.8 Å². The number of aryl methyl sites for hydroxylation is 1. The van der Waals surface area contributed by atoms with E-state index in [2.05, 4.69) is 31.2 Å². The van der Waals surface area contributed by atoms with Gasteiger partial charge >= 0.3 is 7.59 Å². The van der Waals surface area contributed by atoms with Crippen molar-refractivity contribution in [3.63, 3.8) is 0 Å². The van der Waals surface area contributed by atoms with Crippen molar-refractivity contribution >= 4 is 29.4 Å². The molecule has 2 rings (SSSR count). The molecule has 6 nitrogen and oxygen atoms in total. The van der Waals surface area contributed by atoms with E-state index in [9.17, 15) is 9.36 Å². The molecule has 0 aliphatic rings. The summed E-state index contributed by atoms with van der Waals surface area (Å²) < 4.78 is 16.5. The number of nitrogens with one attached hydrogen (secondary N) is 3. The third-order valence-electron chi connectivity index (χ3n) is 5.05. The fraction of sp³-hybridized carbons (Fsp3) is 0.476. The molecule has 0 spiro atoms. The first-order valence-electron chi connectivity index (χ1n) is 10.0. The molecule has 0 bridgehead atoms. The zero-order chi connectivity index (χ0) is 21.8. The van der Waals surface area contributed by atoms with E-state index in [0.717, 1.165) is 34.4 Å². The monoisotopic (exact) mass is 482 g/mol. The molecule has 0 saturated carbocycles. The van der Waals surface area contributed by atoms with Gasteiger partial charge in [0.2, 0.25) is 0 Å². The molecule has 0 unspecified atom stereocenters. The van der Waals surface area contributed by atoms with Gasteiger partial charge in [-0.05, 0) is 70.9 Å². The average molecular weight is 483 g/mol. The zero-order valence-corrected chi connectivity index (χ0v) is 20.5. The van der Waals surface area contributed by atoms with Crippen LogP contribution in [0.2, 0.25) is 0 Å². The van der Waals surface area contributed by atoms with Crippen molar-refractivity contribution in [2.75, 3.05) is 0 Å². The van der Waals surface area contributed by atoms with Gasteiger partial charge in [0.05, 0.1) is 5.56 Å². The number of rotatable bonds is 9. The van der Waals surface area contributed by atoms with Crippen LogP contribution in [0.5, 0.6) is 0 Å². The third-order valence-corrected chi connectivity index (χ3v) is 7.70. The van der Waals surface area contributed by atoms with E-state index in [1.807, 2.05) is 76.4 Å². The number of hydrogen-bond acceptors (Lipinski definition) is 2. The molecule has 0 fully saturated rings. The molecule has 3 N–H and O–H groups in total. The van der Waals surface area contributed by atoms with Gasteiger partial charge in [0.25, 0.3) is 5.91 Å². The first-order chi connectivity index (χ1) is 13.6. The highest BCUT2D eigenvalue weighted by atomic mass is 79.9. The first kappa shape index (κ1) is 23.9. The maximum absolute atomic E-state index is 13.5. The zero-order valence-electron chi connectivity index (χ0n) is 18.0. The summed E-state index contributed by atoms with van der Waals surface area (Å²) in [5.41, 5.74) is 3.24. The standard InChI is InChI=1S/C21H32BrN4O2P/c1-7-14(3)23-29(28,24-15(4)8-2)25-21(27)20-13-16(5)26(17(20)6)19-11-9-18(22)10-12-19/h9-15H,7-8H2,1-6H3,(H3,23,24,25,27,28)/t14-,15-/m0/s1. The quantitative estimate of drug-likeness (QED) is 0.414. The number of nitrogens with zero attached hydrogens (tertiary/aromatic N) is 1. The summed E-state index contributed by atoms with van der Waals surface area (Å²) in [7, 11) is -3.31. The summed E-state index contributed by atoms with van der Waals surface area (Å²) in [6.45, 7) is 11.8.